The number of urea groups is 1. The lowest BCUT2D eigenvalue weighted by atomic mass is 9.89. The molecular formula is C19H16F3N3O4. The normalized spacial score (nSPS) is 19.2. The third-order valence-electron chi connectivity index (χ3n) is 4.36. The van der Waals surface area contributed by atoms with Crippen LogP contribution in [-0.4, -0.2) is 35.5 Å². The Kier molecular flexibility index (Phi) is 5.19. The van der Waals surface area contributed by atoms with Crippen molar-refractivity contribution in [2.24, 2.45) is 5.73 Å². The van der Waals surface area contributed by atoms with Crippen molar-refractivity contribution in [1.29, 1.82) is 0 Å². The van der Waals surface area contributed by atoms with E-state index in [1.54, 1.807) is 0 Å². The van der Waals surface area contributed by atoms with Crippen LogP contribution in [-0.2, 0) is 21.7 Å². The lowest BCUT2D eigenvalue weighted by Gasteiger charge is -2.29. The first kappa shape index (κ1) is 20.2. The summed E-state index contributed by atoms with van der Waals surface area (Å²) in [5, 5.41) is 1.82. The SMILES string of the molecule is NC(=O)COc1cccc(CN2C(=O)NC(c3ccccc3)(C(F)(F)F)C2=O)c1. The Morgan fingerprint density at radius 1 is 1.10 bits per heavy atom. The quantitative estimate of drug-likeness (QED) is 0.716. The molecule has 1 heterocycles. The van der Waals surface area contributed by atoms with E-state index in [1.807, 2.05) is 5.32 Å². The molecule has 4 amide bonds. The fraction of sp³-hybridized carbons (Fsp3) is 0.211. The zero-order valence-corrected chi connectivity index (χ0v) is 14.9. The average Bonchev–Trinajstić information content (AvgIpc) is 2.93. The number of rotatable bonds is 6. The van der Waals surface area contributed by atoms with Crippen molar-refractivity contribution < 1.29 is 32.3 Å². The Labute approximate surface area is 163 Å². The first-order valence-corrected chi connectivity index (χ1v) is 8.41. The van der Waals surface area contributed by atoms with Crippen molar-refractivity contribution in [3.8, 4) is 5.75 Å². The van der Waals surface area contributed by atoms with E-state index in [0.29, 0.717) is 10.5 Å². The maximum absolute atomic E-state index is 14.0. The van der Waals surface area contributed by atoms with E-state index in [9.17, 15) is 27.6 Å². The van der Waals surface area contributed by atoms with Gasteiger partial charge in [-0.25, -0.2) is 4.79 Å². The zero-order chi connectivity index (χ0) is 21.2. The largest absolute Gasteiger partial charge is 0.484 e. The molecule has 3 N–H and O–H groups in total. The number of nitrogens with one attached hydrogen (secondary N) is 1. The van der Waals surface area contributed by atoms with Crippen molar-refractivity contribution in [2.45, 2.75) is 18.3 Å². The molecule has 0 spiro atoms. The molecule has 0 radical (unpaired) electrons. The number of amides is 4. The molecule has 1 fully saturated rings. The van der Waals surface area contributed by atoms with Crippen LogP contribution >= 0.6 is 0 Å². The molecule has 0 aliphatic carbocycles. The number of carbonyl (C=O) groups is 3. The lowest BCUT2D eigenvalue weighted by molar-refractivity contribution is -0.198. The van der Waals surface area contributed by atoms with Gasteiger partial charge in [0.1, 0.15) is 5.75 Å². The third-order valence-corrected chi connectivity index (χ3v) is 4.36. The highest BCUT2D eigenvalue weighted by atomic mass is 19.4. The predicted octanol–water partition coefficient (Wildman–Crippen LogP) is 2.06. The highest BCUT2D eigenvalue weighted by Gasteiger charge is 2.68. The standard InChI is InChI=1S/C19H16F3N3O4/c20-19(21,22)18(13-6-2-1-3-7-13)16(27)25(17(28)24-18)10-12-5-4-8-14(9-12)29-11-15(23)26/h1-9H,10-11H2,(H2,23,26)(H,24,28). The maximum atomic E-state index is 14.0. The molecule has 1 unspecified atom stereocenters. The minimum Gasteiger partial charge on any atom is -0.484 e. The van der Waals surface area contributed by atoms with Gasteiger partial charge in [-0.3, -0.25) is 14.5 Å². The summed E-state index contributed by atoms with van der Waals surface area (Å²) in [6.45, 7) is -0.805. The van der Waals surface area contributed by atoms with Gasteiger partial charge >= 0.3 is 12.2 Å². The molecule has 3 rings (SSSR count). The summed E-state index contributed by atoms with van der Waals surface area (Å²) in [5.74, 6) is -1.91. The summed E-state index contributed by atoms with van der Waals surface area (Å²) in [6, 6.07) is 11.2. The van der Waals surface area contributed by atoms with Gasteiger partial charge in [0.25, 0.3) is 11.8 Å². The molecule has 152 valence electrons. The molecule has 7 nitrogen and oxygen atoms in total. The molecule has 2 aromatic rings. The van der Waals surface area contributed by atoms with Gasteiger partial charge in [-0.2, -0.15) is 13.2 Å². The van der Waals surface area contributed by atoms with E-state index < -0.39 is 42.7 Å². The van der Waals surface area contributed by atoms with Crippen LogP contribution in [0.3, 0.4) is 0 Å². The fourth-order valence-corrected chi connectivity index (χ4v) is 3.03. The minimum absolute atomic E-state index is 0.221. The van der Waals surface area contributed by atoms with Gasteiger partial charge in [0.2, 0.25) is 5.54 Å². The second kappa shape index (κ2) is 7.46. The summed E-state index contributed by atoms with van der Waals surface area (Å²) in [5.41, 5.74) is 1.79. The van der Waals surface area contributed by atoms with Crippen LogP contribution in [0.4, 0.5) is 18.0 Å². The molecule has 1 atom stereocenters. The Hall–Kier alpha value is -3.56. The zero-order valence-electron chi connectivity index (χ0n) is 14.9. The number of primary amides is 1. The number of halogens is 3. The average molecular weight is 407 g/mol. The summed E-state index contributed by atoms with van der Waals surface area (Å²) in [7, 11) is 0. The van der Waals surface area contributed by atoms with Crippen molar-refractivity contribution in [2.75, 3.05) is 6.61 Å². The molecule has 1 saturated heterocycles. The van der Waals surface area contributed by atoms with E-state index in [0.717, 1.165) is 12.1 Å². The van der Waals surface area contributed by atoms with Crippen LogP contribution in [0.1, 0.15) is 11.1 Å². The molecule has 10 heteroatoms. The number of imide groups is 1. The first-order valence-electron chi connectivity index (χ1n) is 8.41. The highest BCUT2D eigenvalue weighted by Crippen LogP contribution is 2.43. The molecular weight excluding hydrogens is 391 g/mol. The molecule has 0 aromatic heterocycles. The molecule has 2 aromatic carbocycles. The Morgan fingerprint density at radius 2 is 1.79 bits per heavy atom. The van der Waals surface area contributed by atoms with Crippen molar-refractivity contribution >= 4 is 17.8 Å². The van der Waals surface area contributed by atoms with Gasteiger partial charge < -0.3 is 15.8 Å². The van der Waals surface area contributed by atoms with Crippen molar-refractivity contribution in [1.82, 2.24) is 10.2 Å². The van der Waals surface area contributed by atoms with Gasteiger partial charge in [0, 0.05) is 0 Å². The Balaban J connectivity index is 1.91. The van der Waals surface area contributed by atoms with Crippen LogP contribution in [0, 0.1) is 0 Å². The van der Waals surface area contributed by atoms with Crippen LogP contribution in [0.2, 0.25) is 0 Å². The second-order valence-electron chi connectivity index (χ2n) is 6.34. The summed E-state index contributed by atoms with van der Waals surface area (Å²) in [4.78, 5) is 36.4. The number of nitrogens with two attached hydrogens (primary N) is 1. The summed E-state index contributed by atoms with van der Waals surface area (Å²) >= 11 is 0. The van der Waals surface area contributed by atoms with Crippen molar-refractivity contribution in [3.63, 3.8) is 0 Å². The number of nitrogens with zero attached hydrogens (tertiary/aromatic N) is 1. The number of benzene rings is 2. The Morgan fingerprint density at radius 3 is 2.41 bits per heavy atom. The van der Waals surface area contributed by atoms with Crippen LogP contribution in [0.15, 0.2) is 54.6 Å². The molecule has 1 aliphatic heterocycles. The van der Waals surface area contributed by atoms with Crippen LogP contribution in [0.25, 0.3) is 0 Å². The smallest absolute Gasteiger partial charge is 0.425 e. The maximum Gasteiger partial charge on any atom is 0.425 e. The van der Waals surface area contributed by atoms with Gasteiger partial charge in [-0.15, -0.1) is 0 Å². The lowest BCUT2D eigenvalue weighted by Crippen LogP contribution is -2.55. The van der Waals surface area contributed by atoms with Gasteiger partial charge in [-0.05, 0) is 23.3 Å². The number of alkyl halides is 3. The van der Waals surface area contributed by atoms with Crippen LogP contribution < -0.4 is 15.8 Å². The number of hydrogen-bond donors (Lipinski definition) is 2. The van der Waals surface area contributed by atoms with E-state index in [2.05, 4.69) is 0 Å². The monoisotopic (exact) mass is 407 g/mol. The number of ether oxygens (including phenoxy) is 1. The van der Waals surface area contributed by atoms with Gasteiger partial charge in [-0.1, -0.05) is 42.5 Å². The van der Waals surface area contributed by atoms with Gasteiger partial charge in [0.05, 0.1) is 6.54 Å². The molecule has 1 aliphatic rings. The molecule has 0 saturated carbocycles. The van der Waals surface area contributed by atoms with E-state index >= 15 is 0 Å². The number of carbonyl (C=O) groups excluding carboxylic acids is 3. The number of hydrogen-bond acceptors (Lipinski definition) is 4. The van der Waals surface area contributed by atoms with E-state index in [1.165, 1.54) is 42.5 Å². The van der Waals surface area contributed by atoms with Crippen LogP contribution in [0.5, 0.6) is 5.75 Å². The topological polar surface area (TPSA) is 102 Å². The van der Waals surface area contributed by atoms with Crippen molar-refractivity contribution in [3.05, 3.63) is 65.7 Å². The van der Waals surface area contributed by atoms with E-state index in [-0.39, 0.29) is 11.3 Å². The fourth-order valence-electron chi connectivity index (χ4n) is 3.03. The molecule has 29 heavy (non-hydrogen) atoms. The molecule has 0 bridgehead atoms. The Bertz CT molecular complexity index is 949. The summed E-state index contributed by atoms with van der Waals surface area (Å²) in [6.07, 6.45) is -5.05. The summed E-state index contributed by atoms with van der Waals surface area (Å²) < 4.78 is 47.0. The predicted molar refractivity (Wildman–Crippen MR) is 94.4 cm³/mol. The van der Waals surface area contributed by atoms with E-state index in [4.69, 9.17) is 10.5 Å². The third kappa shape index (κ3) is 3.73. The first-order chi connectivity index (χ1) is 13.6. The highest BCUT2D eigenvalue weighted by molar-refractivity contribution is 6.08. The second-order valence-corrected chi connectivity index (χ2v) is 6.34. The minimum atomic E-state index is -5.05. The van der Waals surface area contributed by atoms with Gasteiger partial charge in [0.15, 0.2) is 6.61 Å².